The Bertz CT molecular complexity index is 1110. The first kappa shape index (κ1) is 17.5. The molecule has 0 unspecified atom stereocenters. The molecule has 0 amide bonds. The fraction of sp³-hybridized carbons (Fsp3) is 0.211. The third-order valence-electron chi connectivity index (χ3n) is 4.73. The maximum absolute atomic E-state index is 12.2. The number of nitrogens with zero attached hydrogens (tertiary/aromatic N) is 1. The number of hydrogen-bond acceptors (Lipinski definition) is 4. The zero-order valence-corrected chi connectivity index (χ0v) is 16.3. The Labute approximate surface area is 164 Å². The van der Waals surface area contributed by atoms with Crippen molar-refractivity contribution in [3.05, 3.63) is 66.4 Å². The van der Waals surface area contributed by atoms with Crippen molar-refractivity contribution in [2.45, 2.75) is 20.4 Å². The highest BCUT2D eigenvalue weighted by Gasteiger charge is 2.27. The molecule has 0 radical (unpaired) electrons. The van der Waals surface area contributed by atoms with Gasteiger partial charge in [0.05, 0.1) is 32.9 Å². The van der Waals surface area contributed by atoms with E-state index in [9.17, 15) is 4.79 Å². The average molecular weight is 411 g/mol. The van der Waals surface area contributed by atoms with E-state index in [1.54, 1.807) is 19.1 Å². The molecule has 1 aromatic heterocycles. The second-order valence-corrected chi connectivity index (χ2v) is 7.42. The molecule has 3 aromatic rings. The summed E-state index contributed by atoms with van der Waals surface area (Å²) >= 11 is 18.9. The van der Waals surface area contributed by atoms with Crippen LogP contribution >= 0.6 is 34.8 Å². The molecule has 0 atom stereocenters. The highest BCUT2D eigenvalue weighted by molar-refractivity contribution is 6.43. The fourth-order valence-corrected chi connectivity index (χ4v) is 3.85. The highest BCUT2D eigenvalue weighted by Crippen LogP contribution is 2.42. The van der Waals surface area contributed by atoms with Crippen LogP contribution in [0.2, 0.25) is 15.1 Å². The number of rotatable bonds is 1. The topological polar surface area (TPSA) is 42.7 Å². The van der Waals surface area contributed by atoms with Crippen molar-refractivity contribution < 1.29 is 9.15 Å². The molecule has 0 aliphatic carbocycles. The van der Waals surface area contributed by atoms with E-state index in [2.05, 4.69) is 0 Å². The van der Waals surface area contributed by atoms with Crippen molar-refractivity contribution in [1.29, 1.82) is 0 Å². The summed E-state index contributed by atoms with van der Waals surface area (Å²) in [7, 11) is 0. The predicted molar refractivity (Wildman–Crippen MR) is 105 cm³/mol. The van der Waals surface area contributed by atoms with Crippen LogP contribution in [0.5, 0.6) is 5.75 Å². The molecule has 0 bridgehead atoms. The van der Waals surface area contributed by atoms with E-state index in [0.29, 0.717) is 38.5 Å². The Morgan fingerprint density at radius 2 is 1.85 bits per heavy atom. The zero-order chi connectivity index (χ0) is 18.6. The lowest BCUT2D eigenvalue weighted by molar-refractivity contribution is 0.289. The van der Waals surface area contributed by atoms with Crippen LogP contribution in [0, 0.1) is 13.8 Å². The van der Waals surface area contributed by atoms with Gasteiger partial charge in [-0.15, -0.1) is 0 Å². The largest absolute Gasteiger partial charge is 0.471 e. The Morgan fingerprint density at radius 3 is 2.62 bits per heavy atom. The van der Waals surface area contributed by atoms with E-state index in [1.807, 2.05) is 24.0 Å². The highest BCUT2D eigenvalue weighted by atomic mass is 35.5. The minimum Gasteiger partial charge on any atom is -0.471 e. The van der Waals surface area contributed by atoms with Gasteiger partial charge in [0.25, 0.3) is 0 Å². The van der Waals surface area contributed by atoms with E-state index in [-0.39, 0.29) is 12.4 Å². The predicted octanol–water partition coefficient (Wildman–Crippen LogP) is 5.73. The van der Waals surface area contributed by atoms with E-state index in [1.165, 1.54) is 0 Å². The van der Waals surface area contributed by atoms with Gasteiger partial charge in [-0.3, -0.25) is 0 Å². The van der Waals surface area contributed by atoms with Crippen molar-refractivity contribution in [3.8, 4) is 5.75 Å². The number of fused-ring (bicyclic) bond motifs is 3. The number of aryl methyl sites for hydroxylation is 1. The minimum atomic E-state index is -0.363. The van der Waals surface area contributed by atoms with Crippen LogP contribution < -0.4 is 15.3 Å². The lowest BCUT2D eigenvalue weighted by Crippen LogP contribution is -2.32. The lowest BCUT2D eigenvalue weighted by atomic mass is 10.0. The Balaban J connectivity index is 1.92. The summed E-state index contributed by atoms with van der Waals surface area (Å²) in [5.74, 6) is 0.528. The molecular formula is C19H14Cl3NO3. The first-order valence-electron chi connectivity index (χ1n) is 7.95. The molecule has 26 heavy (non-hydrogen) atoms. The van der Waals surface area contributed by atoms with Crippen LogP contribution in [0.4, 0.5) is 5.69 Å². The maximum Gasteiger partial charge on any atom is 0.339 e. The molecule has 1 aliphatic rings. The van der Waals surface area contributed by atoms with Crippen LogP contribution in [-0.2, 0) is 6.54 Å². The van der Waals surface area contributed by atoms with Gasteiger partial charge in [-0.1, -0.05) is 40.9 Å². The second-order valence-electron chi connectivity index (χ2n) is 6.23. The van der Waals surface area contributed by atoms with Gasteiger partial charge in [-0.2, -0.15) is 0 Å². The van der Waals surface area contributed by atoms with Gasteiger partial charge in [0.1, 0.15) is 11.3 Å². The standard InChI is InChI=1S/C19H14Cl3NO3/c1-9-10(2)19(24)26-17-11(9)6-14(21)18-12(17)7-23(8-25-18)15-5-3-4-13(20)16(15)22/h3-6H,7-8H2,1-2H3. The summed E-state index contributed by atoms with van der Waals surface area (Å²) in [5, 5.41) is 2.19. The van der Waals surface area contributed by atoms with Gasteiger partial charge in [0.15, 0.2) is 6.73 Å². The Kier molecular flexibility index (Phi) is 4.30. The molecule has 0 spiro atoms. The SMILES string of the molecule is Cc1c(C)c2cc(Cl)c3c(c2oc1=O)CN(c1cccc(Cl)c1Cl)CO3. The third kappa shape index (κ3) is 2.64. The summed E-state index contributed by atoms with van der Waals surface area (Å²) in [6.07, 6.45) is 0. The first-order chi connectivity index (χ1) is 12.4. The summed E-state index contributed by atoms with van der Waals surface area (Å²) in [5.41, 5.74) is 3.00. The van der Waals surface area contributed by atoms with Crippen LogP contribution in [0.25, 0.3) is 11.0 Å². The van der Waals surface area contributed by atoms with Crippen molar-refractivity contribution in [3.63, 3.8) is 0 Å². The van der Waals surface area contributed by atoms with Gasteiger partial charge < -0.3 is 14.1 Å². The maximum atomic E-state index is 12.2. The van der Waals surface area contributed by atoms with Crippen molar-refractivity contribution in [1.82, 2.24) is 0 Å². The molecule has 2 aromatic carbocycles. The third-order valence-corrected chi connectivity index (χ3v) is 5.82. The van der Waals surface area contributed by atoms with Gasteiger partial charge in [0.2, 0.25) is 0 Å². The van der Waals surface area contributed by atoms with Gasteiger partial charge in [0, 0.05) is 10.9 Å². The summed E-state index contributed by atoms with van der Waals surface area (Å²) < 4.78 is 11.4. The van der Waals surface area contributed by atoms with E-state index >= 15 is 0 Å². The quantitative estimate of drug-likeness (QED) is 0.481. The molecular weight excluding hydrogens is 397 g/mol. The molecule has 0 saturated heterocycles. The van der Waals surface area contributed by atoms with Gasteiger partial charge in [-0.25, -0.2) is 4.79 Å². The van der Waals surface area contributed by atoms with Crippen LogP contribution in [0.1, 0.15) is 16.7 Å². The summed E-state index contributed by atoms with van der Waals surface area (Å²) in [4.78, 5) is 14.1. The number of hydrogen-bond donors (Lipinski definition) is 0. The first-order valence-corrected chi connectivity index (χ1v) is 9.09. The zero-order valence-electron chi connectivity index (χ0n) is 14.0. The molecule has 2 heterocycles. The van der Waals surface area contributed by atoms with Crippen LogP contribution in [0.3, 0.4) is 0 Å². The smallest absolute Gasteiger partial charge is 0.339 e. The number of benzene rings is 2. The van der Waals surface area contributed by atoms with Gasteiger partial charge >= 0.3 is 5.63 Å². The molecule has 134 valence electrons. The molecule has 4 nitrogen and oxygen atoms in total. The molecule has 0 saturated carbocycles. The molecule has 4 rings (SSSR count). The number of ether oxygens (including phenoxy) is 1. The monoisotopic (exact) mass is 409 g/mol. The molecule has 0 N–H and O–H groups in total. The van der Waals surface area contributed by atoms with Crippen LogP contribution in [0.15, 0.2) is 33.5 Å². The van der Waals surface area contributed by atoms with Crippen molar-refractivity contribution in [2.75, 3.05) is 11.6 Å². The Hall–Kier alpha value is -1.88. The average Bonchev–Trinajstić information content (AvgIpc) is 2.63. The molecule has 0 fully saturated rings. The van der Waals surface area contributed by atoms with Crippen LogP contribution in [-0.4, -0.2) is 6.73 Å². The number of anilines is 1. The lowest BCUT2D eigenvalue weighted by Gasteiger charge is -2.32. The van der Waals surface area contributed by atoms with E-state index in [4.69, 9.17) is 44.0 Å². The molecule has 1 aliphatic heterocycles. The fourth-order valence-electron chi connectivity index (χ4n) is 3.16. The summed E-state index contributed by atoms with van der Waals surface area (Å²) in [6.45, 7) is 4.31. The van der Waals surface area contributed by atoms with Crippen molar-refractivity contribution >= 4 is 51.5 Å². The van der Waals surface area contributed by atoms with E-state index in [0.717, 1.165) is 22.2 Å². The molecule has 7 heteroatoms. The minimum absolute atomic E-state index is 0.257. The van der Waals surface area contributed by atoms with E-state index < -0.39 is 0 Å². The Morgan fingerprint density at radius 1 is 1.08 bits per heavy atom. The van der Waals surface area contributed by atoms with Crippen molar-refractivity contribution in [2.24, 2.45) is 0 Å². The number of halogens is 3. The van der Waals surface area contributed by atoms with Gasteiger partial charge in [-0.05, 0) is 37.6 Å². The normalized spacial score (nSPS) is 13.7. The summed E-state index contributed by atoms with van der Waals surface area (Å²) in [6, 6.07) is 7.19. The second kappa shape index (κ2) is 6.38.